The Morgan fingerprint density at radius 1 is 1.14 bits per heavy atom. The lowest BCUT2D eigenvalue weighted by Crippen LogP contribution is -2.48. The van der Waals surface area contributed by atoms with Crippen LogP contribution in [0.15, 0.2) is 0 Å². The number of morpholine rings is 1. The van der Waals surface area contributed by atoms with Crippen molar-refractivity contribution in [2.75, 3.05) is 53.0 Å². The van der Waals surface area contributed by atoms with Gasteiger partial charge in [-0.3, -0.25) is 9.69 Å². The van der Waals surface area contributed by atoms with Gasteiger partial charge in [-0.1, -0.05) is 13.8 Å². The molecule has 2 aliphatic rings. The number of rotatable bonds is 5. The lowest BCUT2D eigenvalue weighted by molar-refractivity contribution is -0.145. The number of likely N-dealkylation sites (tertiary alicyclic amines) is 1. The molecule has 0 aromatic carbocycles. The Kier molecular flexibility index (Phi) is 6.45. The van der Waals surface area contributed by atoms with Crippen molar-refractivity contribution in [3.63, 3.8) is 0 Å². The highest BCUT2D eigenvalue weighted by Crippen LogP contribution is 2.20. The molecule has 122 valence electrons. The van der Waals surface area contributed by atoms with E-state index in [0.29, 0.717) is 13.0 Å². The summed E-state index contributed by atoms with van der Waals surface area (Å²) in [6, 6.07) is 0. The van der Waals surface area contributed by atoms with Crippen molar-refractivity contribution in [3.8, 4) is 0 Å². The first-order valence-corrected chi connectivity index (χ1v) is 8.20. The van der Waals surface area contributed by atoms with Crippen LogP contribution in [-0.4, -0.2) is 74.9 Å². The Hall–Kier alpha value is -0.650. The van der Waals surface area contributed by atoms with Crippen LogP contribution >= 0.6 is 0 Å². The molecule has 0 radical (unpaired) electrons. The molecular weight excluding hydrogens is 268 g/mol. The van der Waals surface area contributed by atoms with Gasteiger partial charge in [0.1, 0.15) is 0 Å². The van der Waals surface area contributed by atoms with Crippen LogP contribution in [0.4, 0.5) is 0 Å². The first-order chi connectivity index (χ1) is 10.1. The van der Waals surface area contributed by atoms with E-state index in [1.165, 1.54) is 26.6 Å². The van der Waals surface area contributed by atoms with Crippen LogP contribution in [-0.2, 0) is 14.3 Å². The Morgan fingerprint density at radius 2 is 1.81 bits per heavy atom. The summed E-state index contributed by atoms with van der Waals surface area (Å²) in [5.74, 6) is 1.44. The smallest absolute Gasteiger partial charge is 0.308 e. The maximum absolute atomic E-state index is 11.3. The average Bonchev–Trinajstić information content (AvgIpc) is 2.44. The highest BCUT2D eigenvalue weighted by Gasteiger charge is 2.25. The molecule has 0 amide bonds. The first-order valence-electron chi connectivity index (χ1n) is 8.20. The largest absolute Gasteiger partial charge is 0.469 e. The van der Waals surface area contributed by atoms with E-state index in [1.807, 2.05) is 0 Å². The summed E-state index contributed by atoms with van der Waals surface area (Å²) in [4.78, 5) is 16.3. The summed E-state index contributed by atoms with van der Waals surface area (Å²) in [7, 11) is 1.43. The van der Waals surface area contributed by atoms with Crippen molar-refractivity contribution in [1.29, 1.82) is 0 Å². The van der Waals surface area contributed by atoms with Crippen LogP contribution in [0, 0.1) is 11.8 Å². The van der Waals surface area contributed by atoms with Gasteiger partial charge in [0, 0.05) is 39.3 Å². The highest BCUT2D eigenvalue weighted by molar-refractivity contribution is 5.69. The molecule has 2 saturated heterocycles. The third kappa shape index (κ3) is 5.57. The number of hydrogen-bond donors (Lipinski definition) is 0. The fourth-order valence-electron chi connectivity index (χ4n) is 3.63. The zero-order valence-corrected chi connectivity index (χ0v) is 13.7. The van der Waals surface area contributed by atoms with Crippen molar-refractivity contribution >= 4 is 5.97 Å². The van der Waals surface area contributed by atoms with Gasteiger partial charge in [0.2, 0.25) is 0 Å². The minimum Gasteiger partial charge on any atom is -0.469 e. The molecule has 21 heavy (non-hydrogen) atoms. The van der Waals surface area contributed by atoms with Gasteiger partial charge >= 0.3 is 5.97 Å². The number of esters is 1. The lowest BCUT2D eigenvalue weighted by atomic mass is 9.92. The molecule has 5 heteroatoms. The fourth-order valence-corrected chi connectivity index (χ4v) is 3.63. The molecule has 3 atom stereocenters. The Bertz CT molecular complexity index is 327. The van der Waals surface area contributed by atoms with Crippen LogP contribution in [0.1, 0.15) is 26.7 Å². The van der Waals surface area contributed by atoms with E-state index >= 15 is 0 Å². The number of nitrogens with zero attached hydrogens (tertiary/aromatic N) is 2. The SMILES string of the molecule is COC(=O)C[C@H]1CN(CCN2C[C@H](C)C[C@H](C)C2)CCO1. The predicted molar refractivity (Wildman–Crippen MR) is 82.2 cm³/mol. The standard InChI is InChI=1S/C16H30N2O3/c1-13-8-14(2)11-18(10-13)5-4-17-6-7-21-15(12-17)9-16(19)20-3/h13-15H,4-12H2,1-3H3/t13-,14+,15-/m0/s1. The highest BCUT2D eigenvalue weighted by atomic mass is 16.5. The number of carbonyl (C=O) groups is 1. The quantitative estimate of drug-likeness (QED) is 0.714. The normalized spacial score (nSPS) is 32.0. The van der Waals surface area contributed by atoms with Crippen molar-refractivity contribution in [2.24, 2.45) is 11.8 Å². The van der Waals surface area contributed by atoms with Crippen LogP contribution in [0.5, 0.6) is 0 Å². The van der Waals surface area contributed by atoms with E-state index < -0.39 is 0 Å². The van der Waals surface area contributed by atoms with Gasteiger partial charge in [0.15, 0.2) is 0 Å². The lowest BCUT2D eigenvalue weighted by Gasteiger charge is -2.38. The van der Waals surface area contributed by atoms with E-state index in [4.69, 9.17) is 9.47 Å². The van der Waals surface area contributed by atoms with E-state index in [9.17, 15) is 4.79 Å². The van der Waals surface area contributed by atoms with Gasteiger partial charge in [-0.2, -0.15) is 0 Å². The molecule has 0 aromatic heterocycles. The minimum absolute atomic E-state index is 0.00889. The predicted octanol–water partition coefficient (Wildman–Crippen LogP) is 1.23. The second-order valence-corrected chi connectivity index (χ2v) is 6.78. The molecule has 2 fully saturated rings. The number of piperidine rings is 1. The number of carbonyl (C=O) groups excluding carboxylic acids is 1. The molecule has 2 rings (SSSR count). The molecule has 5 nitrogen and oxygen atoms in total. The first kappa shape index (κ1) is 16.7. The Labute approximate surface area is 128 Å². The second-order valence-electron chi connectivity index (χ2n) is 6.78. The molecule has 0 bridgehead atoms. The Morgan fingerprint density at radius 3 is 2.48 bits per heavy atom. The molecular formula is C16H30N2O3. The van der Waals surface area contributed by atoms with Gasteiger partial charge in [0.05, 0.1) is 26.2 Å². The summed E-state index contributed by atoms with van der Waals surface area (Å²) in [5, 5.41) is 0. The fraction of sp³-hybridized carbons (Fsp3) is 0.938. The molecule has 0 spiro atoms. The molecule has 0 aliphatic carbocycles. The van der Waals surface area contributed by atoms with Crippen molar-refractivity contribution < 1.29 is 14.3 Å². The zero-order chi connectivity index (χ0) is 15.2. The minimum atomic E-state index is -0.180. The summed E-state index contributed by atoms with van der Waals surface area (Å²) in [6.45, 7) is 11.9. The van der Waals surface area contributed by atoms with Gasteiger partial charge in [-0.25, -0.2) is 0 Å². The van der Waals surface area contributed by atoms with Crippen LogP contribution < -0.4 is 0 Å². The third-order valence-corrected chi connectivity index (χ3v) is 4.52. The maximum Gasteiger partial charge on any atom is 0.308 e. The topological polar surface area (TPSA) is 42.0 Å². The van der Waals surface area contributed by atoms with Gasteiger partial charge in [-0.15, -0.1) is 0 Å². The molecule has 2 aliphatic heterocycles. The van der Waals surface area contributed by atoms with Crippen molar-refractivity contribution in [2.45, 2.75) is 32.8 Å². The molecule has 0 N–H and O–H groups in total. The van der Waals surface area contributed by atoms with Crippen LogP contribution in [0.3, 0.4) is 0 Å². The average molecular weight is 298 g/mol. The summed E-state index contributed by atoms with van der Waals surface area (Å²) < 4.78 is 10.4. The van der Waals surface area contributed by atoms with E-state index in [2.05, 4.69) is 23.6 Å². The number of ether oxygens (including phenoxy) is 2. The second kappa shape index (κ2) is 8.11. The van der Waals surface area contributed by atoms with Crippen LogP contribution in [0.2, 0.25) is 0 Å². The molecule has 0 unspecified atom stereocenters. The molecule has 0 saturated carbocycles. The maximum atomic E-state index is 11.3. The molecule has 0 aromatic rings. The number of methoxy groups -OCH3 is 1. The van der Waals surface area contributed by atoms with Crippen molar-refractivity contribution in [3.05, 3.63) is 0 Å². The Balaban J connectivity index is 1.71. The summed E-state index contributed by atoms with van der Waals surface area (Å²) in [6.07, 6.45) is 1.71. The summed E-state index contributed by atoms with van der Waals surface area (Å²) >= 11 is 0. The summed E-state index contributed by atoms with van der Waals surface area (Å²) in [5.41, 5.74) is 0. The van der Waals surface area contributed by atoms with Crippen LogP contribution in [0.25, 0.3) is 0 Å². The van der Waals surface area contributed by atoms with Crippen molar-refractivity contribution in [1.82, 2.24) is 9.80 Å². The van der Waals surface area contributed by atoms with Gasteiger partial charge in [0.25, 0.3) is 0 Å². The van der Waals surface area contributed by atoms with E-state index in [1.54, 1.807) is 0 Å². The third-order valence-electron chi connectivity index (χ3n) is 4.52. The molecule has 2 heterocycles. The van der Waals surface area contributed by atoms with Gasteiger partial charge in [-0.05, 0) is 18.3 Å². The number of hydrogen-bond acceptors (Lipinski definition) is 5. The van der Waals surface area contributed by atoms with Gasteiger partial charge < -0.3 is 14.4 Å². The zero-order valence-electron chi connectivity index (χ0n) is 13.7. The van der Waals surface area contributed by atoms with E-state index in [0.717, 1.165) is 38.0 Å². The van der Waals surface area contributed by atoms with E-state index in [-0.39, 0.29) is 12.1 Å². The monoisotopic (exact) mass is 298 g/mol.